The van der Waals surface area contributed by atoms with Gasteiger partial charge in [-0.1, -0.05) is 6.92 Å². The molecule has 0 radical (unpaired) electrons. The second-order valence-corrected chi connectivity index (χ2v) is 3.67. The zero-order chi connectivity index (χ0) is 12.1. The lowest BCUT2D eigenvalue weighted by Gasteiger charge is -2.11. The van der Waals surface area contributed by atoms with E-state index in [1.165, 1.54) is 12.1 Å². The summed E-state index contributed by atoms with van der Waals surface area (Å²) in [4.78, 5) is 10.6. The van der Waals surface area contributed by atoms with Crippen LogP contribution in [0.15, 0.2) is 18.2 Å². The lowest BCUT2D eigenvalue weighted by atomic mass is 10.1. The molecule has 1 aromatic carbocycles. The minimum absolute atomic E-state index is 0.0125. The predicted molar refractivity (Wildman–Crippen MR) is 58.1 cm³/mol. The molecule has 0 heterocycles. The summed E-state index contributed by atoms with van der Waals surface area (Å²) in [5.41, 5.74) is 0.156. The van der Waals surface area contributed by atoms with Gasteiger partial charge in [-0.25, -0.2) is 9.18 Å². The minimum atomic E-state index is -1.16. The Morgan fingerprint density at radius 1 is 1.56 bits per heavy atom. The highest BCUT2D eigenvalue weighted by molar-refractivity contribution is 5.88. The van der Waals surface area contributed by atoms with Gasteiger partial charge in [0.15, 0.2) is 0 Å². The van der Waals surface area contributed by atoms with E-state index >= 15 is 0 Å². The van der Waals surface area contributed by atoms with Crippen LogP contribution in [-0.2, 0) is 0 Å². The van der Waals surface area contributed by atoms with Crippen LogP contribution < -0.4 is 5.32 Å². The first-order chi connectivity index (χ1) is 7.54. The molecule has 1 aromatic rings. The lowest BCUT2D eigenvalue weighted by molar-refractivity contribution is 0.0696. The molecule has 88 valence electrons. The molecular formula is C11H14FNO3. The van der Waals surface area contributed by atoms with Crippen molar-refractivity contribution >= 4 is 11.7 Å². The number of carbonyl (C=O) groups is 1. The number of rotatable bonds is 5. The van der Waals surface area contributed by atoms with E-state index in [2.05, 4.69) is 5.32 Å². The molecule has 0 bridgehead atoms. The van der Waals surface area contributed by atoms with E-state index in [0.29, 0.717) is 6.54 Å². The highest BCUT2D eigenvalue weighted by Crippen LogP contribution is 2.16. The molecule has 1 atom stereocenters. The van der Waals surface area contributed by atoms with Gasteiger partial charge >= 0.3 is 5.97 Å². The Morgan fingerprint density at radius 3 is 2.75 bits per heavy atom. The number of aromatic carboxylic acids is 1. The maximum Gasteiger partial charge on any atom is 0.335 e. The van der Waals surface area contributed by atoms with Gasteiger partial charge in [0.2, 0.25) is 0 Å². The summed E-state index contributed by atoms with van der Waals surface area (Å²) in [6.45, 7) is 2.26. The molecule has 4 nitrogen and oxygen atoms in total. The Labute approximate surface area is 92.7 Å². The number of hydrogen-bond acceptors (Lipinski definition) is 3. The first kappa shape index (κ1) is 12.4. The Balaban J connectivity index is 2.72. The zero-order valence-corrected chi connectivity index (χ0v) is 8.90. The summed E-state index contributed by atoms with van der Waals surface area (Å²) in [5, 5.41) is 20.2. The van der Waals surface area contributed by atoms with Crippen LogP contribution in [-0.4, -0.2) is 29.3 Å². The van der Waals surface area contributed by atoms with Gasteiger partial charge in [-0.05, 0) is 24.1 Å². The number of aliphatic hydroxyl groups excluding tert-OH is 1. The number of anilines is 1. The molecule has 0 amide bonds. The third-order valence-electron chi connectivity index (χ3n) is 2.17. The molecule has 0 aliphatic heterocycles. The number of carboxylic acids is 1. The van der Waals surface area contributed by atoms with Crippen molar-refractivity contribution in [1.29, 1.82) is 0 Å². The Bertz CT molecular complexity index is 381. The molecule has 0 aromatic heterocycles. The Morgan fingerprint density at radius 2 is 2.25 bits per heavy atom. The highest BCUT2D eigenvalue weighted by atomic mass is 19.1. The van der Waals surface area contributed by atoms with Crippen molar-refractivity contribution in [2.24, 2.45) is 5.92 Å². The monoisotopic (exact) mass is 227 g/mol. The van der Waals surface area contributed by atoms with E-state index in [9.17, 15) is 9.18 Å². The van der Waals surface area contributed by atoms with E-state index in [1.807, 2.05) is 6.92 Å². The van der Waals surface area contributed by atoms with Crippen LogP contribution in [0.5, 0.6) is 0 Å². The minimum Gasteiger partial charge on any atom is -0.478 e. The van der Waals surface area contributed by atoms with Crippen molar-refractivity contribution in [3.63, 3.8) is 0 Å². The van der Waals surface area contributed by atoms with Crippen molar-refractivity contribution in [2.75, 3.05) is 18.5 Å². The number of aliphatic hydroxyl groups is 1. The molecule has 5 heteroatoms. The van der Waals surface area contributed by atoms with Crippen LogP contribution in [0.4, 0.5) is 10.1 Å². The van der Waals surface area contributed by atoms with E-state index in [4.69, 9.17) is 10.2 Å². The van der Waals surface area contributed by atoms with Gasteiger partial charge in [0.25, 0.3) is 0 Å². The fourth-order valence-corrected chi connectivity index (χ4v) is 1.14. The first-order valence-electron chi connectivity index (χ1n) is 4.92. The molecule has 0 spiro atoms. The van der Waals surface area contributed by atoms with Crippen LogP contribution in [0.1, 0.15) is 17.3 Å². The number of carboxylic acid groups (broad SMARTS) is 1. The van der Waals surface area contributed by atoms with Crippen molar-refractivity contribution < 1.29 is 19.4 Å². The predicted octanol–water partition coefficient (Wildman–Crippen LogP) is 1.56. The molecule has 16 heavy (non-hydrogen) atoms. The van der Waals surface area contributed by atoms with Crippen LogP contribution in [0.2, 0.25) is 0 Å². The number of benzene rings is 1. The fraction of sp³-hybridized carbons (Fsp3) is 0.364. The number of hydrogen-bond donors (Lipinski definition) is 3. The molecule has 1 rings (SSSR count). The van der Waals surface area contributed by atoms with Crippen molar-refractivity contribution in [2.45, 2.75) is 6.92 Å². The van der Waals surface area contributed by atoms with E-state index in [0.717, 1.165) is 6.07 Å². The topological polar surface area (TPSA) is 69.6 Å². The second kappa shape index (κ2) is 5.46. The van der Waals surface area contributed by atoms with Crippen molar-refractivity contribution in [1.82, 2.24) is 0 Å². The summed E-state index contributed by atoms with van der Waals surface area (Å²) >= 11 is 0. The van der Waals surface area contributed by atoms with Crippen molar-refractivity contribution in [3.8, 4) is 0 Å². The summed E-state index contributed by atoms with van der Waals surface area (Å²) in [5.74, 6) is -1.75. The third kappa shape index (κ3) is 3.20. The smallest absolute Gasteiger partial charge is 0.335 e. The fourth-order valence-electron chi connectivity index (χ4n) is 1.14. The maximum atomic E-state index is 13.4. The Kier molecular flexibility index (Phi) is 4.25. The lowest BCUT2D eigenvalue weighted by Crippen LogP contribution is -2.15. The Hall–Kier alpha value is -1.62. The molecule has 0 fully saturated rings. The molecule has 0 aliphatic rings. The maximum absolute atomic E-state index is 13.4. The second-order valence-electron chi connectivity index (χ2n) is 3.67. The van der Waals surface area contributed by atoms with Gasteiger partial charge in [0.05, 0.1) is 11.3 Å². The normalized spacial score (nSPS) is 12.2. The number of nitrogens with one attached hydrogen (secondary N) is 1. The molecular weight excluding hydrogens is 213 g/mol. The summed E-state index contributed by atoms with van der Waals surface area (Å²) < 4.78 is 13.4. The van der Waals surface area contributed by atoms with Crippen molar-refractivity contribution in [3.05, 3.63) is 29.6 Å². The largest absolute Gasteiger partial charge is 0.478 e. The summed E-state index contributed by atoms with van der Waals surface area (Å²) in [6.07, 6.45) is 0. The van der Waals surface area contributed by atoms with Crippen LogP contribution in [0.3, 0.4) is 0 Å². The summed E-state index contributed by atoms with van der Waals surface area (Å²) in [7, 11) is 0. The highest BCUT2D eigenvalue weighted by Gasteiger charge is 2.08. The molecule has 3 N–H and O–H groups in total. The quantitative estimate of drug-likeness (QED) is 0.714. The number of halogens is 1. The van der Waals surface area contributed by atoms with E-state index in [-0.39, 0.29) is 23.8 Å². The zero-order valence-electron chi connectivity index (χ0n) is 8.90. The first-order valence-corrected chi connectivity index (χ1v) is 4.92. The molecule has 0 saturated heterocycles. The molecule has 0 aliphatic carbocycles. The molecule has 1 unspecified atom stereocenters. The average molecular weight is 227 g/mol. The van der Waals surface area contributed by atoms with Gasteiger partial charge in [0.1, 0.15) is 5.82 Å². The van der Waals surface area contributed by atoms with Gasteiger partial charge < -0.3 is 15.5 Å². The third-order valence-corrected chi connectivity index (χ3v) is 2.17. The van der Waals surface area contributed by atoms with Gasteiger partial charge in [-0.3, -0.25) is 0 Å². The van der Waals surface area contributed by atoms with Crippen LogP contribution in [0.25, 0.3) is 0 Å². The average Bonchev–Trinajstić information content (AvgIpc) is 2.26. The SMILES string of the molecule is CC(CO)CNc1ccc(C(=O)O)cc1F. The van der Waals surface area contributed by atoms with E-state index in [1.54, 1.807) is 0 Å². The van der Waals surface area contributed by atoms with Gasteiger partial charge in [0, 0.05) is 13.2 Å². The van der Waals surface area contributed by atoms with Crippen LogP contribution >= 0.6 is 0 Å². The van der Waals surface area contributed by atoms with Gasteiger partial charge in [-0.2, -0.15) is 0 Å². The van der Waals surface area contributed by atoms with Crippen LogP contribution in [0, 0.1) is 11.7 Å². The molecule has 0 saturated carbocycles. The summed E-state index contributed by atoms with van der Waals surface area (Å²) in [6, 6.07) is 3.68. The van der Waals surface area contributed by atoms with Gasteiger partial charge in [-0.15, -0.1) is 0 Å². The van der Waals surface area contributed by atoms with E-state index < -0.39 is 11.8 Å². The standard InChI is InChI=1S/C11H14FNO3/c1-7(6-14)5-13-10-3-2-8(11(15)16)4-9(10)12/h2-4,7,13-14H,5-6H2,1H3,(H,15,16).